The van der Waals surface area contributed by atoms with E-state index in [1.165, 1.54) is 0 Å². The molecule has 0 saturated heterocycles. The summed E-state index contributed by atoms with van der Waals surface area (Å²) in [6, 6.07) is 9.90. The zero-order valence-electron chi connectivity index (χ0n) is 9.99. The quantitative estimate of drug-likeness (QED) is 0.417. The molecule has 0 radical (unpaired) electrons. The Labute approximate surface area is 108 Å². The van der Waals surface area contributed by atoms with Crippen molar-refractivity contribution in [2.75, 3.05) is 13.7 Å². The van der Waals surface area contributed by atoms with Crippen LogP contribution in [0.1, 0.15) is 12.0 Å². The third kappa shape index (κ3) is 5.57. The van der Waals surface area contributed by atoms with Crippen LogP contribution in [-0.4, -0.2) is 13.7 Å². The van der Waals surface area contributed by atoms with Gasteiger partial charge in [-0.05, 0) is 12.0 Å². The van der Waals surface area contributed by atoms with E-state index in [0.717, 1.165) is 12.0 Å². The second kappa shape index (κ2) is 7.93. The van der Waals surface area contributed by atoms with Gasteiger partial charge in [-0.3, -0.25) is 0 Å². The van der Waals surface area contributed by atoms with E-state index in [9.17, 15) is 0 Å². The lowest BCUT2D eigenvalue weighted by Crippen LogP contribution is -1.93. The van der Waals surface area contributed by atoms with Crippen molar-refractivity contribution in [3.8, 4) is 0 Å². The first-order chi connectivity index (χ1) is 8.24. The molecule has 0 fully saturated rings. The molecule has 92 valence electrons. The third-order valence-electron chi connectivity index (χ3n) is 2.17. The van der Waals surface area contributed by atoms with Crippen molar-refractivity contribution in [1.82, 2.24) is 0 Å². The van der Waals surface area contributed by atoms with Crippen LogP contribution >= 0.6 is 11.6 Å². The van der Waals surface area contributed by atoms with Gasteiger partial charge in [0, 0.05) is 13.7 Å². The summed E-state index contributed by atoms with van der Waals surface area (Å²) in [5.74, 6) is 0.492. The number of allylic oxidation sites excluding steroid dienone is 1. The molecule has 0 aliphatic rings. The second-order valence-electron chi connectivity index (χ2n) is 3.53. The average Bonchev–Trinajstić information content (AvgIpc) is 2.37. The number of ether oxygens (including phenoxy) is 2. The normalized spacial score (nSPS) is 11.3. The second-order valence-corrected chi connectivity index (χ2v) is 3.94. The van der Waals surface area contributed by atoms with Crippen LogP contribution in [0.2, 0.25) is 0 Å². The Bertz CT molecular complexity index is 371. The highest BCUT2D eigenvalue weighted by molar-refractivity contribution is 6.31. The Morgan fingerprint density at radius 3 is 2.71 bits per heavy atom. The minimum Gasteiger partial charge on any atom is -0.488 e. The molecule has 0 heterocycles. The van der Waals surface area contributed by atoms with E-state index >= 15 is 0 Å². The van der Waals surface area contributed by atoms with Gasteiger partial charge in [-0.1, -0.05) is 54.6 Å². The van der Waals surface area contributed by atoms with Crippen LogP contribution < -0.4 is 0 Å². The Balaban J connectivity index is 2.36. The number of benzene rings is 1. The highest BCUT2D eigenvalue weighted by atomic mass is 35.5. The van der Waals surface area contributed by atoms with Crippen molar-refractivity contribution in [3.63, 3.8) is 0 Å². The monoisotopic (exact) mass is 252 g/mol. The summed E-state index contributed by atoms with van der Waals surface area (Å²) in [7, 11) is 1.66. The fourth-order valence-electron chi connectivity index (χ4n) is 1.23. The van der Waals surface area contributed by atoms with E-state index in [2.05, 4.69) is 6.58 Å². The fraction of sp³-hybridized carbons (Fsp3) is 0.286. The average molecular weight is 253 g/mol. The maximum atomic E-state index is 6.01. The van der Waals surface area contributed by atoms with Crippen molar-refractivity contribution >= 4 is 11.6 Å². The summed E-state index contributed by atoms with van der Waals surface area (Å²) in [6.07, 6.45) is 2.60. The highest BCUT2D eigenvalue weighted by Crippen LogP contribution is 2.16. The predicted molar refractivity (Wildman–Crippen MR) is 70.8 cm³/mol. The van der Waals surface area contributed by atoms with Crippen LogP contribution in [0.25, 0.3) is 0 Å². The van der Waals surface area contributed by atoms with Crippen molar-refractivity contribution in [1.29, 1.82) is 0 Å². The number of methoxy groups -OCH3 is 1. The molecule has 0 bridgehead atoms. The molecule has 0 atom stereocenters. The van der Waals surface area contributed by atoms with Crippen LogP contribution in [0, 0.1) is 0 Å². The molecule has 3 heteroatoms. The van der Waals surface area contributed by atoms with Crippen LogP contribution in [0.3, 0.4) is 0 Å². The first kappa shape index (κ1) is 13.8. The standard InChI is InChI=1S/C14H17ClO2/c1-12(14(15)9-6-10-16-2)17-11-13-7-4-3-5-8-13/h3-5,7-9H,1,6,10-11H2,2H3/b14-9+. The molecule has 0 spiro atoms. The minimum atomic E-state index is 0.480. The number of hydrogen-bond donors (Lipinski definition) is 0. The van der Waals surface area contributed by atoms with Gasteiger partial charge in [-0.25, -0.2) is 0 Å². The molecule has 0 saturated carbocycles. The van der Waals surface area contributed by atoms with Crippen molar-refractivity contribution in [3.05, 3.63) is 59.3 Å². The minimum absolute atomic E-state index is 0.480. The molecule has 0 unspecified atom stereocenters. The van der Waals surface area contributed by atoms with Gasteiger partial charge >= 0.3 is 0 Å². The zero-order chi connectivity index (χ0) is 12.5. The molecular weight excluding hydrogens is 236 g/mol. The van der Waals surface area contributed by atoms with Gasteiger partial charge in [-0.15, -0.1) is 0 Å². The maximum absolute atomic E-state index is 6.01. The largest absolute Gasteiger partial charge is 0.488 e. The van der Waals surface area contributed by atoms with Gasteiger partial charge in [0.2, 0.25) is 0 Å². The summed E-state index contributed by atoms with van der Waals surface area (Å²) in [5.41, 5.74) is 1.09. The smallest absolute Gasteiger partial charge is 0.130 e. The lowest BCUT2D eigenvalue weighted by Gasteiger charge is -2.08. The van der Waals surface area contributed by atoms with Gasteiger partial charge in [0.05, 0.1) is 5.03 Å². The Morgan fingerprint density at radius 1 is 1.35 bits per heavy atom. The van der Waals surface area contributed by atoms with Crippen molar-refractivity contribution in [2.24, 2.45) is 0 Å². The molecule has 0 aromatic heterocycles. The summed E-state index contributed by atoms with van der Waals surface area (Å²) < 4.78 is 10.4. The molecule has 17 heavy (non-hydrogen) atoms. The first-order valence-electron chi connectivity index (χ1n) is 5.44. The molecule has 1 aromatic carbocycles. The van der Waals surface area contributed by atoms with Crippen LogP contribution in [0.15, 0.2) is 53.8 Å². The molecule has 0 aliphatic carbocycles. The summed E-state index contributed by atoms with van der Waals surface area (Å²) >= 11 is 6.01. The number of rotatable bonds is 7. The molecule has 2 nitrogen and oxygen atoms in total. The third-order valence-corrected chi connectivity index (χ3v) is 2.53. The van der Waals surface area contributed by atoms with Crippen molar-refractivity contribution in [2.45, 2.75) is 13.0 Å². The van der Waals surface area contributed by atoms with Crippen molar-refractivity contribution < 1.29 is 9.47 Å². The highest BCUT2D eigenvalue weighted by Gasteiger charge is 2.00. The van der Waals surface area contributed by atoms with E-state index in [4.69, 9.17) is 21.1 Å². The summed E-state index contributed by atoms with van der Waals surface area (Å²) in [6.45, 7) is 4.91. The molecule has 0 aliphatic heterocycles. The molecular formula is C14H17ClO2. The predicted octanol–water partition coefficient (Wildman–Crippen LogP) is 3.88. The fourth-order valence-corrected chi connectivity index (χ4v) is 1.39. The van der Waals surface area contributed by atoms with Gasteiger partial charge < -0.3 is 9.47 Å². The van der Waals surface area contributed by atoms with Gasteiger partial charge in [-0.2, -0.15) is 0 Å². The van der Waals surface area contributed by atoms with Gasteiger partial charge in [0.15, 0.2) is 0 Å². The van der Waals surface area contributed by atoms with E-state index in [-0.39, 0.29) is 0 Å². The topological polar surface area (TPSA) is 18.5 Å². The van der Waals surface area contributed by atoms with Crippen LogP contribution in [0.5, 0.6) is 0 Å². The van der Waals surface area contributed by atoms with E-state index in [0.29, 0.717) is 24.0 Å². The number of halogens is 1. The Kier molecular flexibility index (Phi) is 6.45. The SMILES string of the molecule is C=C(OCc1ccccc1)/C(Cl)=C\CCOC. The molecule has 1 aromatic rings. The molecule has 0 amide bonds. The molecule has 0 N–H and O–H groups in total. The molecule has 1 rings (SSSR count). The lowest BCUT2D eigenvalue weighted by atomic mass is 10.2. The Hall–Kier alpha value is -1.25. The van der Waals surface area contributed by atoms with E-state index < -0.39 is 0 Å². The summed E-state index contributed by atoms with van der Waals surface area (Å²) in [4.78, 5) is 0. The maximum Gasteiger partial charge on any atom is 0.130 e. The van der Waals surface area contributed by atoms with Gasteiger partial charge in [0.1, 0.15) is 12.4 Å². The van der Waals surface area contributed by atoms with Crippen LogP contribution in [-0.2, 0) is 16.1 Å². The lowest BCUT2D eigenvalue weighted by molar-refractivity contribution is 0.202. The summed E-state index contributed by atoms with van der Waals surface area (Å²) in [5, 5.41) is 0.540. The van der Waals surface area contributed by atoms with Crippen LogP contribution in [0.4, 0.5) is 0 Å². The van der Waals surface area contributed by atoms with E-state index in [1.807, 2.05) is 36.4 Å². The first-order valence-corrected chi connectivity index (χ1v) is 5.82. The van der Waals surface area contributed by atoms with E-state index in [1.54, 1.807) is 7.11 Å². The Morgan fingerprint density at radius 2 is 2.06 bits per heavy atom. The zero-order valence-corrected chi connectivity index (χ0v) is 10.7. The number of hydrogen-bond acceptors (Lipinski definition) is 2. The van der Waals surface area contributed by atoms with Gasteiger partial charge in [0.25, 0.3) is 0 Å².